The fourth-order valence-electron chi connectivity index (χ4n) is 3.13. The number of fused-ring (bicyclic) bond motifs is 1. The summed E-state index contributed by atoms with van der Waals surface area (Å²) >= 11 is 0. The van der Waals surface area contributed by atoms with Crippen LogP contribution in [-0.4, -0.2) is 14.8 Å². The molecule has 2 heterocycles. The molecular formula is C20H18N4. The number of nitrogens with two attached hydrogens (primary N) is 1. The van der Waals surface area contributed by atoms with Crippen LogP contribution in [0.1, 0.15) is 5.56 Å². The Morgan fingerprint density at radius 3 is 2.62 bits per heavy atom. The largest absolute Gasteiger partial charge is 0.399 e. The van der Waals surface area contributed by atoms with Gasteiger partial charge in [0.1, 0.15) is 5.69 Å². The minimum absolute atomic E-state index is 0.771. The molecule has 0 amide bonds. The topological polar surface area (TPSA) is 56.7 Å². The van der Waals surface area contributed by atoms with E-state index >= 15 is 0 Å². The number of rotatable bonds is 2. The van der Waals surface area contributed by atoms with Crippen LogP contribution >= 0.6 is 0 Å². The van der Waals surface area contributed by atoms with Crippen molar-refractivity contribution >= 4 is 16.6 Å². The fraction of sp³-hybridized carbons (Fsp3) is 0.100. The third kappa shape index (κ3) is 2.33. The van der Waals surface area contributed by atoms with Gasteiger partial charge in [-0.05, 0) is 48.4 Å². The zero-order valence-electron chi connectivity index (χ0n) is 13.7. The first-order valence-corrected chi connectivity index (χ1v) is 7.87. The summed E-state index contributed by atoms with van der Waals surface area (Å²) in [5.74, 6) is 0. The summed E-state index contributed by atoms with van der Waals surface area (Å²) in [6, 6.07) is 16.4. The lowest BCUT2D eigenvalue weighted by Crippen LogP contribution is -1.92. The smallest absolute Gasteiger partial charge is 0.100 e. The van der Waals surface area contributed by atoms with Crippen molar-refractivity contribution < 1.29 is 0 Å². The van der Waals surface area contributed by atoms with Gasteiger partial charge in [-0.25, -0.2) is 0 Å². The highest BCUT2D eigenvalue weighted by Crippen LogP contribution is 2.33. The van der Waals surface area contributed by atoms with Crippen LogP contribution in [0.3, 0.4) is 0 Å². The van der Waals surface area contributed by atoms with Crippen LogP contribution in [0.15, 0.2) is 60.9 Å². The molecule has 0 saturated carbocycles. The van der Waals surface area contributed by atoms with Crippen LogP contribution in [0.25, 0.3) is 33.3 Å². The van der Waals surface area contributed by atoms with E-state index in [-0.39, 0.29) is 0 Å². The van der Waals surface area contributed by atoms with Gasteiger partial charge in [-0.15, -0.1) is 0 Å². The molecule has 4 rings (SSSR count). The van der Waals surface area contributed by atoms with Gasteiger partial charge in [0.25, 0.3) is 0 Å². The number of pyridine rings is 1. The predicted octanol–water partition coefficient (Wildman–Crippen LogP) is 4.19. The molecule has 0 saturated heterocycles. The Balaban J connectivity index is 1.96. The number of anilines is 1. The zero-order chi connectivity index (χ0) is 16.7. The number of nitrogens with zero attached hydrogens (tertiary/aromatic N) is 3. The standard InChI is InChI=1S/C20H18N4/c1-13-10-16(21)6-7-17(13)20-18-11-14(15-4-3-9-22-12-15)5-8-19(18)24(2)23-20/h3-12H,21H2,1-2H3. The normalized spacial score (nSPS) is 11.1. The van der Waals surface area contributed by atoms with Crippen LogP contribution < -0.4 is 5.73 Å². The maximum atomic E-state index is 5.89. The molecule has 118 valence electrons. The van der Waals surface area contributed by atoms with E-state index in [0.29, 0.717) is 0 Å². The molecule has 0 radical (unpaired) electrons. The lowest BCUT2D eigenvalue weighted by Gasteiger charge is -2.06. The van der Waals surface area contributed by atoms with Gasteiger partial charge >= 0.3 is 0 Å². The van der Waals surface area contributed by atoms with E-state index < -0.39 is 0 Å². The van der Waals surface area contributed by atoms with Gasteiger partial charge in [-0.1, -0.05) is 18.2 Å². The SMILES string of the molecule is Cc1cc(N)ccc1-c1nn(C)c2ccc(-c3cccnc3)cc12. The van der Waals surface area contributed by atoms with Crippen molar-refractivity contribution in [2.75, 3.05) is 5.73 Å². The Morgan fingerprint density at radius 2 is 1.88 bits per heavy atom. The van der Waals surface area contributed by atoms with Crippen molar-refractivity contribution in [1.29, 1.82) is 0 Å². The van der Waals surface area contributed by atoms with Gasteiger partial charge in [0.2, 0.25) is 0 Å². The van der Waals surface area contributed by atoms with Gasteiger partial charge < -0.3 is 5.73 Å². The quantitative estimate of drug-likeness (QED) is 0.564. The lowest BCUT2D eigenvalue weighted by atomic mass is 9.99. The number of nitrogen functional groups attached to an aromatic ring is 1. The molecule has 2 aromatic heterocycles. The monoisotopic (exact) mass is 314 g/mol. The van der Waals surface area contributed by atoms with E-state index in [1.54, 1.807) is 6.20 Å². The number of hydrogen-bond acceptors (Lipinski definition) is 3. The molecule has 0 bridgehead atoms. The molecule has 0 spiro atoms. The number of aryl methyl sites for hydroxylation is 2. The molecule has 0 aliphatic rings. The molecule has 0 atom stereocenters. The molecular weight excluding hydrogens is 296 g/mol. The van der Waals surface area contributed by atoms with E-state index in [0.717, 1.165) is 44.5 Å². The summed E-state index contributed by atoms with van der Waals surface area (Å²) in [6.45, 7) is 2.07. The van der Waals surface area contributed by atoms with Crippen LogP contribution in [0, 0.1) is 6.92 Å². The molecule has 2 N–H and O–H groups in total. The molecule has 0 fully saturated rings. The van der Waals surface area contributed by atoms with E-state index in [9.17, 15) is 0 Å². The van der Waals surface area contributed by atoms with Gasteiger partial charge in [-0.3, -0.25) is 9.67 Å². The molecule has 4 aromatic rings. The van der Waals surface area contributed by atoms with Gasteiger partial charge in [-0.2, -0.15) is 5.10 Å². The zero-order valence-corrected chi connectivity index (χ0v) is 13.7. The number of benzene rings is 2. The van der Waals surface area contributed by atoms with Crippen molar-refractivity contribution in [1.82, 2.24) is 14.8 Å². The maximum Gasteiger partial charge on any atom is 0.100 e. The van der Waals surface area contributed by atoms with Gasteiger partial charge in [0.15, 0.2) is 0 Å². The highest BCUT2D eigenvalue weighted by atomic mass is 15.3. The van der Waals surface area contributed by atoms with Crippen molar-refractivity contribution in [3.05, 3.63) is 66.5 Å². The summed E-state index contributed by atoms with van der Waals surface area (Å²) < 4.78 is 1.92. The van der Waals surface area contributed by atoms with Crippen LogP contribution in [0.5, 0.6) is 0 Å². The van der Waals surface area contributed by atoms with Crippen molar-refractivity contribution in [3.63, 3.8) is 0 Å². The first-order chi connectivity index (χ1) is 11.6. The van der Waals surface area contributed by atoms with E-state index in [4.69, 9.17) is 10.8 Å². The second-order valence-electron chi connectivity index (χ2n) is 6.02. The maximum absolute atomic E-state index is 5.89. The summed E-state index contributed by atoms with van der Waals surface area (Å²) in [5, 5.41) is 5.88. The third-order valence-electron chi connectivity index (χ3n) is 4.35. The average molecular weight is 314 g/mol. The molecule has 2 aromatic carbocycles. The Morgan fingerprint density at radius 1 is 1.00 bits per heavy atom. The highest BCUT2D eigenvalue weighted by Gasteiger charge is 2.13. The Bertz CT molecular complexity index is 1030. The van der Waals surface area contributed by atoms with Gasteiger partial charge in [0.05, 0.1) is 5.52 Å². The first kappa shape index (κ1) is 14.5. The summed E-state index contributed by atoms with van der Waals surface area (Å²) in [6.07, 6.45) is 3.67. The summed E-state index contributed by atoms with van der Waals surface area (Å²) in [4.78, 5) is 4.22. The summed E-state index contributed by atoms with van der Waals surface area (Å²) in [7, 11) is 1.97. The second kappa shape index (κ2) is 5.49. The molecule has 24 heavy (non-hydrogen) atoms. The van der Waals surface area contributed by atoms with Crippen molar-refractivity contribution in [2.24, 2.45) is 7.05 Å². The fourth-order valence-corrected chi connectivity index (χ4v) is 3.13. The Kier molecular flexibility index (Phi) is 3.31. The van der Waals surface area contributed by atoms with Crippen molar-refractivity contribution in [3.8, 4) is 22.4 Å². The Labute approximate surface area is 140 Å². The molecule has 0 aliphatic heterocycles. The van der Waals surface area contributed by atoms with E-state index in [2.05, 4.69) is 36.2 Å². The molecule has 4 nitrogen and oxygen atoms in total. The lowest BCUT2D eigenvalue weighted by molar-refractivity contribution is 0.800. The first-order valence-electron chi connectivity index (χ1n) is 7.87. The Hall–Kier alpha value is -3.14. The van der Waals surface area contributed by atoms with Gasteiger partial charge in [0, 0.05) is 41.6 Å². The van der Waals surface area contributed by atoms with Crippen LogP contribution in [0.2, 0.25) is 0 Å². The third-order valence-corrected chi connectivity index (χ3v) is 4.35. The van der Waals surface area contributed by atoms with Crippen LogP contribution in [-0.2, 0) is 7.05 Å². The minimum Gasteiger partial charge on any atom is -0.399 e. The molecule has 0 aliphatic carbocycles. The highest BCUT2D eigenvalue weighted by molar-refractivity contribution is 5.96. The molecule has 0 unspecified atom stereocenters. The number of hydrogen-bond donors (Lipinski definition) is 1. The average Bonchev–Trinajstić information content (AvgIpc) is 2.92. The molecule has 4 heteroatoms. The predicted molar refractivity (Wildman–Crippen MR) is 98.5 cm³/mol. The second-order valence-corrected chi connectivity index (χ2v) is 6.02. The van der Waals surface area contributed by atoms with E-state index in [1.807, 2.05) is 42.2 Å². The van der Waals surface area contributed by atoms with Crippen LogP contribution in [0.4, 0.5) is 5.69 Å². The minimum atomic E-state index is 0.771. The van der Waals surface area contributed by atoms with Crippen molar-refractivity contribution in [2.45, 2.75) is 6.92 Å². The number of aromatic nitrogens is 3. The van der Waals surface area contributed by atoms with E-state index in [1.165, 1.54) is 0 Å². The summed E-state index contributed by atoms with van der Waals surface area (Å²) in [5.41, 5.74) is 13.2.